The molecule has 0 amide bonds. The zero-order chi connectivity index (χ0) is 13.8. The van der Waals surface area contributed by atoms with Gasteiger partial charge in [-0.15, -0.1) is 11.3 Å². The molecule has 19 heavy (non-hydrogen) atoms. The predicted molar refractivity (Wildman–Crippen MR) is 77.5 cm³/mol. The van der Waals surface area contributed by atoms with Crippen molar-refractivity contribution in [1.82, 2.24) is 4.98 Å². The molecule has 1 heterocycles. The highest BCUT2D eigenvalue weighted by Gasteiger charge is 2.17. The Kier molecular flexibility index (Phi) is 4.39. The number of nitrogens with one attached hydrogen (secondary N) is 1. The number of aromatic nitrogens is 1. The minimum atomic E-state index is -0.434. The van der Waals surface area contributed by atoms with Crippen LogP contribution in [0.1, 0.15) is 23.0 Å². The summed E-state index contributed by atoms with van der Waals surface area (Å²) >= 11 is 7.48. The maximum Gasteiger partial charge on any atom is 0.360 e. The van der Waals surface area contributed by atoms with Gasteiger partial charge in [-0.05, 0) is 25.5 Å². The molecule has 0 aliphatic rings. The molecule has 0 bridgehead atoms. The van der Waals surface area contributed by atoms with E-state index in [0.717, 1.165) is 11.3 Å². The Balaban J connectivity index is 2.30. The SMILES string of the molecule is CCOC(=O)c1ncsc1Nc1c(C)cccc1Cl. The van der Waals surface area contributed by atoms with Crippen LogP contribution in [0.15, 0.2) is 23.7 Å². The zero-order valence-electron chi connectivity index (χ0n) is 10.6. The van der Waals surface area contributed by atoms with Gasteiger partial charge in [-0.3, -0.25) is 0 Å². The number of carbonyl (C=O) groups is 1. The van der Waals surface area contributed by atoms with Crippen molar-refractivity contribution in [3.8, 4) is 0 Å². The topological polar surface area (TPSA) is 51.2 Å². The number of hydrogen-bond acceptors (Lipinski definition) is 5. The lowest BCUT2D eigenvalue weighted by Crippen LogP contribution is -2.07. The summed E-state index contributed by atoms with van der Waals surface area (Å²) in [5, 5.41) is 4.39. The van der Waals surface area contributed by atoms with Crippen molar-refractivity contribution in [2.75, 3.05) is 11.9 Å². The fourth-order valence-corrected chi connectivity index (χ4v) is 2.52. The molecule has 4 nitrogen and oxygen atoms in total. The van der Waals surface area contributed by atoms with Crippen LogP contribution in [0, 0.1) is 6.92 Å². The smallest absolute Gasteiger partial charge is 0.360 e. The first-order valence-corrected chi connectivity index (χ1v) is 7.02. The highest BCUT2D eigenvalue weighted by Crippen LogP contribution is 2.32. The van der Waals surface area contributed by atoms with Crippen LogP contribution >= 0.6 is 22.9 Å². The lowest BCUT2D eigenvalue weighted by atomic mass is 10.2. The second kappa shape index (κ2) is 6.04. The Morgan fingerprint density at radius 1 is 1.53 bits per heavy atom. The van der Waals surface area contributed by atoms with E-state index < -0.39 is 5.97 Å². The van der Waals surface area contributed by atoms with Gasteiger partial charge < -0.3 is 10.1 Å². The first-order chi connectivity index (χ1) is 9.13. The zero-order valence-corrected chi connectivity index (χ0v) is 12.1. The summed E-state index contributed by atoms with van der Waals surface area (Å²) in [4.78, 5) is 15.8. The van der Waals surface area contributed by atoms with E-state index in [1.165, 1.54) is 11.3 Å². The van der Waals surface area contributed by atoms with Gasteiger partial charge in [0.15, 0.2) is 5.69 Å². The van der Waals surface area contributed by atoms with Crippen LogP contribution in [0.4, 0.5) is 10.7 Å². The molecule has 6 heteroatoms. The maximum atomic E-state index is 11.7. The number of anilines is 2. The van der Waals surface area contributed by atoms with Gasteiger partial charge in [-0.1, -0.05) is 23.7 Å². The number of hydrogen-bond donors (Lipinski definition) is 1. The summed E-state index contributed by atoms with van der Waals surface area (Å²) in [6, 6.07) is 5.61. The van der Waals surface area contributed by atoms with Crippen LogP contribution in [-0.2, 0) is 4.74 Å². The molecule has 0 aliphatic carbocycles. The van der Waals surface area contributed by atoms with Crippen LogP contribution < -0.4 is 5.32 Å². The van der Waals surface area contributed by atoms with E-state index in [1.54, 1.807) is 18.5 Å². The van der Waals surface area contributed by atoms with Crippen molar-refractivity contribution < 1.29 is 9.53 Å². The number of nitrogens with zero attached hydrogens (tertiary/aromatic N) is 1. The molecule has 0 atom stereocenters. The third kappa shape index (κ3) is 3.05. The summed E-state index contributed by atoms with van der Waals surface area (Å²) < 4.78 is 4.96. The lowest BCUT2D eigenvalue weighted by Gasteiger charge is -2.10. The van der Waals surface area contributed by atoms with Gasteiger partial charge in [-0.25, -0.2) is 9.78 Å². The molecule has 1 aromatic carbocycles. The monoisotopic (exact) mass is 296 g/mol. The Hall–Kier alpha value is -1.59. The summed E-state index contributed by atoms with van der Waals surface area (Å²) in [5.74, 6) is -0.434. The quantitative estimate of drug-likeness (QED) is 0.866. The average molecular weight is 297 g/mol. The molecular weight excluding hydrogens is 284 g/mol. The number of thiazole rings is 1. The molecule has 0 spiro atoms. The summed E-state index contributed by atoms with van der Waals surface area (Å²) in [7, 11) is 0. The number of esters is 1. The first-order valence-electron chi connectivity index (χ1n) is 5.76. The third-order valence-corrected chi connectivity index (χ3v) is 3.55. The number of para-hydroxylation sites is 1. The average Bonchev–Trinajstić information content (AvgIpc) is 2.82. The van der Waals surface area contributed by atoms with Gasteiger partial charge in [-0.2, -0.15) is 0 Å². The number of rotatable bonds is 4. The van der Waals surface area contributed by atoms with E-state index in [-0.39, 0.29) is 5.69 Å². The van der Waals surface area contributed by atoms with Crippen molar-refractivity contribution >= 4 is 39.6 Å². The molecule has 0 radical (unpaired) electrons. The molecule has 0 saturated carbocycles. The second-order valence-electron chi connectivity index (χ2n) is 3.81. The third-order valence-electron chi connectivity index (χ3n) is 2.50. The van der Waals surface area contributed by atoms with E-state index in [2.05, 4.69) is 10.3 Å². The molecule has 2 rings (SSSR count). The van der Waals surface area contributed by atoms with Gasteiger partial charge in [0.05, 0.1) is 22.8 Å². The highest BCUT2D eigenvalue weighted by atomic mass is 35.5. The summed E-state index contributed by atoms with van der Waals surface area (Å²) in [6.45, 7) is 4.02. The number of halogens is 1. The molecule has 0 fully saturated rings. The molecule has 1 N–H and O–H groups in total. The Morgan fingerprint density at radius 3 is 3.00 bits per heavy atom. The molecule has 100 valence electrons. The Morgan fingerprint density at radius 2 is 2.32 bits per heavy atom. The highest BCUT2D eigenvalue weighted by molar-refractivity contribution is 7.14. The number of carbonyl (C=O) groups excluding carboxylic acids is 1. The van der Waals surface area contributed by atoms with Crippen molar-refractivity contribution in [2.45, 2.75) is 13.8 Å². The Labute approximate surface area is 120 Å². The van der Waals surface area contributed by atoms with Gasteiger partial charge in [0.25, 0.3) is 0 Å². The largest absolute Gasteiger partial charge is 0.461 e. The summed E-state index contributed by atoms with van der Waals surface area (Å²) in [5.41, 5.74) is 3.65. The molecule has 1 aromatic heterocycles. The van der Waals surface area contributed by atoms with Gasteiger partial charge in [0.1, 0.15) is 5.00 Å². The number of aryl methyl sites for hydroxylation is 1. The van der Waals surface area contributed by atoms with E-state index >= 15 is 0 Å². The van der Waals surface area contributed by atoms with Crippen molar-refractivity contribution in [1.29, 1.82) is 0 Å². The normalized spacial score (nSPS) is 10.3. The minimum Gasteiger partial charge on any atom is -0.461 e. The fraction of sp³-hybridized carbons (Fsp3) is 0.231. The molecule has 2 aromatic rings. The summed E-state index contributed by atoms with van der Waals surface area (Å²) in [6.07, 6.45) is 0. The lowest BCUT2D eigenvalue weighted by molar-refractivity contribution is 0.0521. The van der Waals surface area contributed by atoms with E-state index in [9.17, 15) is 4.79 Å². The van der Waals surface area contributed by atoms with Crippen molar-refractivity contribution in [3.05, 3.63) is 40.0 Å². The molecule has 0 aliphatic heterocycles. The van der Waals surface area contributed by atoms with Crippen LogP contribution in [0.25, 0.3) is 0 Å². The van der Waals surface area contributed by atoms with Crippen LogP contribution in [0.3, 0.4) is 0 Å². The van der Waals surface area contributed by atoms with Gasteiger partial charge in [0.2, 0.25) is 0 Å². The first kappa shape index (κ1) is 13.8. The minimum absolute atomic E-state index is 0.283. The van der Waals surface area contributed by atoms with E-state index in [4.69, 9.17) is 16.3 Å². The molecule has 0 unspecified atom stereocenters. The standard InChI is InChI=1S/C13H13ClN2O2S/c1-3-18-13(17)11-12(19-7-15-11)16-10-8(2)5-4-6-9(10)14/h4-7,16H,3H2,1-2H3. The number of ether oxygens (including phenoxy) is 1. The van der Waals surface area contributed by atoms with E-state index in [0.29, 0.717) is 16.6 Å². The van der Waals surface area contributed by atoms with Crippen molar-refractivity contribution in [2.24, 2.45) is 0 Å². The number of benzene rings is 1. The molecular formula is C13H13ClN2O2S. The maximum absolute atomic E-state index is 11.7. The van der Waals surface area contributed by atoms with Gasteiger partial charge >= 0.3 is 5.97 Å². The predicted octanol–water partition coefficient (Wildman–Crippen LogP) is 4.03. The Bertz CT molecular complexity index is 578. The fourth-order valence-electron chi connectivity index (χ4n) is 1.58. The molecule has 0 saturated heterocycles. The van der Waals surface area contributed by atoms with Gasteiger partial charge in [0, 0.05) is 0 Å². The van der Waals surface area contributed by atoms with Crippen LogP contribution in [0.2, 0.25) is 5.02 Å². The van der Waals surface area contributed by atoms with Crippen molar-refractivity contribution in [3.63, 3.8) is 0 Å². The van der Waals surface area contributed by atoms with Crippen LogP contribution in [0.5, 0.6) is 0 Å². The van der Waals surface area contributed by atoms with Crippen LogP contribution in [-0.4, -0.2) is 17.6 Å². The second-order valence-corrected chi connectivity index (χ2v) is 5.07. The van der Waals surface area contributed by atoms with E-state index in [1.807, 2.05) is 19.1 Å².